The number of aromatic nitrogens is 6. The van der Waals surface area contributed by atoms with Gasteiger partial charge in [0.15, 0.2) is 5.82 Å². The van der Waals surface area contributed by atoms with Crippen LogP contribution in [0.3, 0.4) is 0 Å². The molecule has 0 spiro atoms. The Morgan fingerprint density at radius 2 is 1.87 bits per heavy atom. The van der Waals surface area contributed by atoms with Gasteiger partial charge in [0.25, 0.3) is 0 Å². The summed E-state index contributed by atoms with van der Waals surface area (Å²) in [5, 5.41) is 14.4. The van der Waals surface area contributed by atoms with E-state index in [0.29, 0.717) is 12.0 Å². The molecule has 7 rings (SSSR count). The predicted octanol–water partition coefficient (Wildman–Crippen LogP) is 4.60. The molecule has 1 N–H and O–H groups in total. The molecule has 2 aliphatic heterocycles. The van der Waals surface area contributed by atoms with Crippen molar-refractivity contribution in [3.8, 4) is 11.4 Å². The third-order valence-electron chi connectivity index (χ3n) is 8.82. The van der Waals surface area contributed by atoms with Gasteiger partial charge in [0, 0.05) is 68.1 Å². The highest BCUT2D eigenvalue weighted by molar-refractivity contribution is 6.33. The van der Waals surface area contributed by atoms with Crippen LogP contribution in [0.2, 0.25) is 5.02 Å². The minimum atomic E-state index is 0.507. The smallest absolute Gasteiger partial charge is 0.162 e. The molecule has 0 radical (unpaired) electrons. The summed E-state index contributed by atoms with van der Waals surface area (Å²) in [5.41, 5.74) is 7.65. The fraction of sp³-hybridized carbons (Fsp3) is 0.517. The van der Waals surface area contributed by atoms with Gasteiger partial charge in [-0.1, -0.05) is 17.7 Å². The highest BCUT2D eigenvalue weighted by Crippen LogP contribution is 2.46. The Morgan fingerprint density at radius 3 is 2.62 bits per heavy atom. The number of rotatable bonds is 5. The Kier molecular flexibility index (Phi) is 5.86. The largest absolute Gasteiger partial charge is 0.355 e. The Balaban J connectivity index is 1.35. The minimum Gasteiger partial charge on any atom is -0.355 e. The number of aromatic amines is 1. The number of likely N-dealkylation sites (N-methyl/N-ethyl adjacent to an activating group) is 1. The number of anilines is 2. The Hall–Kier alpha value is -3.17. The van der Waals surface area contributed by atoms with Crippen molar-refractivity contribution in [2.75, 3.05) is 43.5 Å². The van der Waals surface area contributed by atoms with E-state index in [0.717, 1.165) is 101 Å². The second-order valence-electron chi connectivity index (χ2n) is 11.7. The lowest BCUT2D eigenvalue weighted by Gasteiger charge is -2.33. The zero-order valence-corrected chi connectivity index (χ0v) is 24.2. The van der Waals surface area contributed by atoms with E-state index in [1.54, 1.807) is 0 Å². The lowest BCUT2D eigenvalue weighted by atomic mass is 10.00. The number of benzene rings is 1. The molecule has 0 unspecified atom stereocenters. The Morgan fingerprint density at radius 1 is 1.05 bits per heavy atom. The SMILES string of the molecule is Cc1ccc2[nH]nc(C)c2c1-c1nc2c(c(N3CC[C@@H](N(C)C)C3)n1)CN(c1c(Cl)c(C3CC3)nn1C)CC2. The van der Waals surface area contributed by atoms with Crippen molar-refractivity contribution in [1.82, 2.24) is 34.8 Å². The zero-order chi connectivity index (χ0) is 27.0. The first-order valence-corrected chi connectivity index (χ1v) is 14.4. The van der Waals surface area contributed by atoms with E-state index in [-0.39, 0.29) is 0 Å². The van der Waals surface area contributed by atoms with Crippen LogP contribution in [-0.4, -0.2) is 74.6 Å². The molecule has 2 fully saturated rings. The molecule has 1 aromatic carbocycles. The number of aryl methyl sites for hydroxylation is 3. The van der Waals surface area contributed by atoms with Crippen LogP contribution in [0.1, 0.15) is 53.4 Å². The molecule has 1 atom stereocenters. The van der Waals surface area contributed by atoms with Crippen molar-refractivity contribution in [1.29, 1.82) is 0 Å². The van der Waals surface area contributed by atoms with Gasteiger partial charge < -0.3 is 14.7 Å². The second-order valence-corrected chi connectivity index (χ2v) is 12.1. The van der Waals surface area contributed by atoms with Crippen molar-refractivity contribution >= 4 is 34.1 Å². The van der Waals surface area contributed by atoms with E-state index in [9.17, 15) is 0 Å². The number of nitrogens with one attached hydrogen (secondary N) is 1. The average Bonchev–Trinajstić information content (AvgIpc) is 3.38. The summed E-state index contributed by atoms with van der Waals surface area (Å²) < 4.78 is 1.97. The van der Waals surface area contributed by atoms with Gasteiger partial charge in [-0.15, -0.1) is 0 Å². The molecular weight excluding hydrogens is 510 g/mol. The topological polar surface area (TPSA) is 82.0 Å². The number of nitrogens with zero attached hydrogens (tertiary/aromatic N) is 8. The molecule has 10 heteroatoms. The van der Waals surface area contributed by atoms with Gasteiger partial charge in [0.2, 0.25) is 0 Å². The maximum Gasteiger partial charge on any atom is 0.162 e. The predicted molar refractivity (Wildman–Crippen MR) is 156 cm³/mol. The van der Waals surface area contributed by atoms with Gasteiger partial charge in [-0.2, -0.15) is 10.2 Å². The van der Waals surface area contributed by atoms with E-state index in [2.05, 4.69) is 65.0 Å². The Bertz CT molecular complexity index is 1580. The third kappa shape index (κ3) is 4.09. The van der Waals surface area contributed by atoms with Crippen LogP contribution in [0, 0.1) is 13.8 Å². The minimum absolute atomic E-state index is 0.507. The third-order valence-corrected chi connectivity index (χ3v) is 9.19. The molecule has 39 heavy (non-hydrogen) atoms. The summed E-state index contributed by atoms with van der Waals surface area (Å²) in [7, 11) is 6.36. The molecule has 9 nitrogen and oxygen atoms in total. The lowest BCUT2D eigenvalue weighted by Crippen LogP contribution is -2.36. The monoisotopic (exact) mass is 545 g/mol. The van der Waals surface area contributed by atoms with Crippen molar-refractivity contribution in [3.05, 3.63) is 45.4 Å². The van der Waals surface area contributed by atoms with Gasteiger partial charge >= 0.3 is 0 Å². The molecule has 0 bridgehead atoms. The van der Waals surface area contributed by atoms with E-state index in [1.165, 1.54) is 18.4 Å². The lowest BCUT2D eigenvalue weighted by molar-refractivity contribution is 0.315. The summed E-state index contributed by atoms with van der Waals surface area (Å²) in [6, 6.07) is 4.74. The summed E-state index contributed by atoms with van der Waals surface area (Å²) >= 11 is 6.95. The normalized spacial score (nSPS) is 19.5. The summed E-state index contributed by atoms with van der Waals surface area (Å²) in [6.07, 6.45) is 4.33. The van der Waals surface area contributed by atoms with Crippen LogP contribution in [0.15, 0.2) is 12.1 Å². The second kappa shape index (κ2) is 9.20. The summed E-state index contributed by atoms with van der Waals surface area (Å²) in [5.74, 6) is 3.39. The standard InChI is InChI=1S/C29H36ClN9/c1-16-6-9-22-24(17(2)33-34-22)23(16)27-31-21-11-13-39(29-25(30)26(18-7-8-18)35-37(29)5)15-20(21)28(32-27)38-12-10-19(14-38)36(3)4/h6,9,18-19H,7-8,10-15H2,1-5H3,(H,33,34)/t19-/m1/s1. The fourth-order valence-electron chi connectivity index (χ4n) is 6.44. The molecule has 3 aromatic heterocycles. The summed E-state index contributed by atoms with van der Waals surface area (Å²) in [6.45, 7) is 7.71. The summed E-state index contributed by atoms with van der Waals surface area (Å²) in [4.78, 5) is 17.8. The van der Waals surface area contributed by atoms with Crippen molar-refractivity contribution < 1.29 is 0 Å². The highest BCUT2D eigenvalue weighted by Gasteiger charge is 2.35. The molecule has 5 heterocycles. The van der Waals surface area contributed by atoms with Gasteiger partial charge in [0.05, 0.1) is 22.6 Å². The molecule has 1 saturated carbocycles. The molecular formula is C29H36ClN9. The van der Waals surface area contributed by atoms with Crippen molar-refractivity contribution in [3.63, 3.8) is 0 Å². The van der Waals surface area contributed by atoms with E-state index < -0.39 is 0 Å². The first-order valence-electron chi connectivity index (χ1n) is 14.0. The van der Waals surface area contributed by atoms with Crippen LogP contribution in [-0.2, 0) is 20.0 Å². The van der Waals surface area contributed by atoms with Crippen LogP contribution >= 0.6 is 11.6 Å². The fourth-order valence-corrected chi connectivity index (χ4v) is 6.88. The zero-order valence-electron chi connectivity index (χ0n) is 23.4. The molecule has 1 saturated heterocycles. The first kappa shape index (κ1) is 24.8. The molecule has 4 aromatic rings. The van der Waals surface area contributed by atoms with Crippen LogP contribution in [0.4, 0.5) is 11.6 Å². The highest BCUT2D eigenvalue weighted by atomic mass is 35.5. The van der Waals surface area contributed by atoms with Crippen molar-refractivity contribution in [2.24, 2.45) is 7.05 Å². The average molecular weight is 546 g/mol. The maximum absolute atomic E-state index is 6.95. The molecule has 3 aliphatic rings. The van der Waals surface area contributed by atoms with Gasteiger partial charge in [-0.25, -0.2) is 9.97 Å². The first-order chi connectivity index (χ1) is 18.8. The van der Waals surface area contributed by atoms with Crippen LogP contribution in [0.25, 0.3) is 22.3 Å². The van der Waals surface area contributed by atoms with E-state index >= 15 is 0 Å². The van der Waals surface area contributed by atoms with Gasteiger partial charge in [-0.3, -0.25) is 9.78 Å². The number of fused-ring (bicyclic) bond motifs is 2. The molecule has 0 amide bonds. The maximum atomic E-state index is 6.95. The number of halogens is 1. The van der Waals surface area contributed by atoms with Gasteiger partial charge in [-0.05, 0) is 58.8 Å². The Labute approximate surface area is 234 Å². The number of H-pyrrole nitrogens is 1. The van der Waals surface area contributed by atoms with Crippen molar-refractivity contribution in [2.45, 2.75) is 58.0 Å². The quantitative estimate of drug-likeness (QED) is 0.392. The van der Waals surface area contributed by atoms with Gasteiger partial charge in [0.1, 0.15) is 16.7 Å². The van der Waals surface area contributed by atoms with Crippen LogP contribution in [0.5, 0.6) is 0 Å². The number of hydrogen-bond donors (Lipinski definition) is 1. The van der Waals surface area contributed by atoms with E-state index in [4.69, 9.17) is 26.7 Å². The van der Waals surface area contributed by atoms with Crippen LogP contribution < -0.4 is 9.80 Å². The van der Waals surface area contributed by atoms with E-state index in [1.807, 2.05) is 11.7 Å². The molecule has 204 valence electrons. The molecule has 1 aliphatic carbocycles. The number of hydrogen-bond acceptors (Lipinski definition) is 7.